The minimum atomic E-state index is -5.96. The van der Waals surface area contributed by atoms with Crippen LogP contribution in [0, 0.1) is 0 Å². The summed E-state index contributed by atoms with van der Waals surface area (Å²) >= 11 is 5.98. The van der Waals surface area contributed by atoms with Gasteiger partial charge in [0.25, 0.3) is 0 Å². The first-order valence-electron chi connectivity index (χ1n) is 14.9. The molecule has 11 nitrogen and oxygen atoms in total. The second-order valence-electron chi connectivity index (χ2n) is 11.9. The number of fused-ring (bicyclic) bond motifs is 2. The number of aromatic nitrogens is 4. The van der Waals surface area contributed by atoms with E-state index in [1.165, 1.54) is 35.0 Å². The predicted molar refractivity (Wildman–Crippen MR) is 189 cm³/mol. The third-order valence-corrected chi connectivity index (χ3v) is 11.7. The van der Waals surface area contributed by atoms with E-state index in [4.69, 9.17) is 0 Å². The number of nitrogens with zero attached hydrogens (tertiary/aromatic N) is 4. The summed E-state index contributed by atoms with van der Waals surface area (Å²) in [6.07, 6.45) is -0.585. The predicted octanol–water partition coefficient (Wildman–Crippen LogP) is 8.02. The molecular weight excluding hydrogens is 862 g/mol. The lowest BCUT2D eigenvalue weighted by atomic mass is 9.79. The van der Waals surface area contributed by atoms with Gasteiger partial charge in [-0.1, -0.05) is 97.7 Å². The second-order valence-corrected chi connectivity index (χ2v) is 16.9. The van der Waals surface area contributed by atoms with Crippen LogP contribution in [0.4, 0.5) is 17.6 Å². The molecule has 0 bridgehead atoms. The molecule has 0 aliphatic rings. The molecule has 4 aromatic carbocycles. The molecule has 0 aliphatic carbocycles. The quantitative estimate of drug-likeness (QED) is 0.0567. The molecule has 19 heteroatoms. The molecular formula is C33H24Br2F4N4O7P2. The first-order valence-corrected chi connectivity index (χ1v) is 19.7. The second kappa shape index (κ2) is 13.6. The SMILES string of the molecule is O=C(c1ccccc1)C(Cc1ccc(C(F)(F)P(=O)(O)O)c(Br)c1)(Cc1ccc2cc(Br)c(C(F)(F)P(=O)(O)O)cc2n1)n1nnc2ccccc21. The number of halogens is 6. The molecule has 0 radical (unpaired) electrons. The molecule has 0 amide bonds. The third kappa shape index (κ3) is 6.80. The van der Waals surface area contributed by atoms with E-state index in [1.807, 2.05) is 0 Å². The molecule has 2 heterocycles. The van der Waals surface area contributed by atoms with Crippen molar-refractivity contribution in [3.63, 3.8) is 0 Å². The summed E-state index contributed by atoms with van der Waals surface area (Å²) in [5.74, 6) is -0.532. The minimum absolute atomic E-state index is 0.0832. The Balaban J connectivity index is 1.58. The zero-order valence-corrected chi connectivity index (χ0v) is 31.1. The molecule has 2 aromatic heterocycles. The molecule has 6 rings (SSSR count). The van der Waals surface area contributed by atoms with Crippen LogP contribution in [0.2, 0.25) is 0 Å². The van der Waals surface area contributed by atoms with Crippen LogP contribution in [0.3, 0.4) is 0 Å². The smallest absolute Gasteiger partial charge is 0.320 e. The molecule has 1 atom stereocenters. The molecule has 4 N–H and O–H groups in total. The number of carbonyl (C=O) groups is 1. The van der Waals surface area contributed by atoms with Crippen molar-refractivity contribution in [3.05, 3.63) is 134 Å². The van der Waals surface area contributed by atoms with Gasteiger partial charge in [-0.25, -0.2) is 4.68 Å². The van der Waals surface area contributed by atoms with Crippen molar-refractivity contribution in [1.82, 2.24) is 20.0 Å². The Hall–Kier alpha value is -3.66. The molecule has 0 saturated heterocycles. The van der Waals surface area contributed by atoms with E-state index in [0.717, 1.165) is 12.1 Å². The van der Waals surface area contributed by atoms with Gasteiger partial charge >= 0.3 is 26.5 Å². The van der Waals surface area contributed by atoms with E-state index < -0.39 is 49.0 Å². The minimum Gasteiger partial charge on any atom is -0.320 e. The molecule has 6 aromatic rings. The van der Waals surface area contributed by atoms with Crippen molar-refractivity contribution < 1.29 is 51.1 Å². The molecule has 1 unspecified atom stereocenters. The van der Waals surface area contributed by atoms with Crippen LogP contribution in [0.25, 0.3) is 21.9 Å². The highest BCUT2D eigenvalue weighted by atomic mass is 79.9. The van der Waals surface area contributed by atoms with Crippen LogP contribution >= 0.6 is 47.1 Å². The Morgan fingerprint density at radius 1 is 0.712 bits per heavy atom. The van der Waals surface area contributed by atoms with Crippen molar-refractivity contribution in [2.45, 2.75) is 29.7 Å². The highest BCUT2D eigenvalue weighted by Gasteiger charge is 2.53. The number of benzene rings is 4. The van der Waals surface area contributed by atoms with Crippen molar-refractivity contribution >= 4 is 74.8 Å². The Bertz CT molecular complexity index is 2460. The van der Waals surface area contributed by atoms with Crippen molar-refractivity contribution in [3.8, 4) is 0 Å². The Morgan fingerprint density at radius 3 is 1.98 bits per heavy atom. The maximum atomic E-state index is 14.9. The van der Waals surface area contributed by atoms with Gasteiger partial charge in [-0.2, -0.15) is 17.6 Å². The number of rotatable bonds is 11. The summed E-state index contributed by atoms with van der Waals surface area (Å²) in [5.41, 5.74) is -11.6. The van der Waals surface area contributed by atoms with E-state index >= 15 is 0 Å². The number of pyridine rings is 1. The molecule has 270 valence electrons. The summed E-state index contributed by atoms with van der Waals surface area (Å²) in [5, 5.41) is 8.91. The van der Waals surface area contributed by atoms with Gasteiger partial charge < -0.3 is 19.6 Å². The first kappa shape index (κ1) is 38.1. The van der Waals surface area contributed by atoms with Crippen molar-refractivity contribution in [2.75, 3.05) is 0 Å². The normalized spacial score (nSPS) is 14.1. The van der Waals surface area contributed by atoms with Gasteiger partial charge in [-0.05, 0) is 42.0 Å². The number of carbonyl (C=O) groups excluding carboxylic acids is 1. The lowest BCUT2D eigenvalue weighted by Gasteiger charge is -2.33. The number of alkyl halides is 4. The van der Waals surface area contributed by atoms with Crippen LogP contribution < -0.4 is 0 Å². The summed E-state index contributed by atoms with van der Waals surface area (Å²) in [4.78, 5) is 57.0. The fourth-order valence-corrected chi connectivity index (χ4v) is 8.49. The zero-order chi connectivity index (χ0) is 37.9. The molecule has 0 aliphatic heterocycles. The maximum Gasteiger partial charge on any atom is 0.399 e. The number of hydrogen-bond acceptors (Lipinski definition) is 6. The number of Topliss-reactive ketones (excluding diaryl/α,β-unsaturated/α-hetero) is 1. The van der Waals surface area contributed by atoms with E-state index in [0.29, 0.717) is 16.4 Å². The van der Waals surface area contributed by atoms with Gasteiger partial charge in [-0.3, -0.25) is 18.9 Å². The van der Waals surface area contributed by atoms with Crippen molar-refractivity contribution in [2.24, 2.45) is 0 Å². The summed E-state index contributed by atoms with van der Waals surface area (Å²) in [7, 11) is -11.9. The van der Waals surface area contributed by atoms with Crippen LogP contribution in [-0.2, 0) is 38.8 Å². The van der Waals surface area contributed by atoms with Gasteiger partial charge in [0.15, 0.2) is 5.78 Å². The Labute approximate surface area is 308 Å². The maximum absolute atomic E-state index is 14.9. The van der Waals surface area contributed by atoms with Gasteiger partial charge in [0, 0.05) is 49.6 Å². The Kier molecular flexibility index (Phi) is 9.99. The van der Waals surface area contributed by atoms with E-state index in [-0.39, 0.29) is 44.1 Å². The van der Waals surface area contributed by atoms with Crippen LogP contribution in [-0.4, -0.2) is 45.3 Å². The number of para-hydroxylation sites is 1. The van der Waals surface area contributed by atoms with Gasteiger partial charge in [-0.15, -0.1) is 5.10 Å². The molecule has 0 fully saturated rings. The van der Waals surface area contributed by atoms with E-state index in [2.05, 4.69) is 47.2 Å². The fourth-order valence-electron chi connectivity index (χ4n) is 5.89. The number of hydrogen-bond donors (Lipinski definition) is 4. The third-order valence-electron chi connectivity index (χ3n) is 8.43. The highest BCUT2D eigenvalue weighted by Crippen LogP contribution is 2.61. The van der Waals surface area contributed by atoms with Crippen LogP contribution in [0.5, 0.6) is 0 Å². The topological polar surface area (TPSA) is 176 Å². The van der Waals surface area contributed by atoms with Gasteiger partial charge in [0.05, 0.1) is 11.0 Å². The standard InChI is InChI=1S/C33H24Br2F4N4O7P2/c34-25-14-19(10-13-23(25)32(36,37)51(45,46)47)17-31(30(44)20-6-2-1-3-7-20,43-29-9-5-4-8-27(29)41-42-43)18-22-12-11-21-15-26(35)24(16-28(21)40-22)33(38,39)52(48,49)50/h1-16H,17-18H2,(H2,45,46,47)(H2,48,49,50). The van der Waals surface area contributed by atoms with Crippen LogP contribution in [0.15, 0.2) is 106 Å². The monoisotopic (exact) mass is 884 g/mol. The Morgan fingerprint density at radius 2 is 1.33 bits per heavy atom. The average molecular weight is 886 g/mol. The zero-order valence-electron chi connectivity index (χ0n) is 26.1. The molecule has 0 saturated carbocycles. The first-order chi connectivity index (χ1) is 24.3. The lowest BCUT2D eigenvalue weighted by Crippen LogP contribution is -2.47. The fraction of sp³-hybridized carbons (Fsp3) is 0.152. The summed E-state index contributed by atoms with van der Waals surface area (Å²) in [6.45, 7) is 0. The molecule has 0 spiro atoms. The largest absolute Gasteiger partial charge is 0.399 e. The molecule has 52 heavy (non-hydrogen) atoms. The van der Waals surface area contributed by atoms with Crippen molar-refractivity contribution in [1.29, 1.82) is 0 Å². The van der Waals surface area contributed by atoms with E-state index in [9.17, 15) is 51.1 Å². The van der Waals surface area contributed by atoms with Gasteiger partial charge in [0.2, 0.25) is 0 Å². The highest BCUT2D eigenvalue weighted by molar-refractivity contribution is 9.10. The average Bonchev–Trinajstić information content (AvgIpc) is 3.51. The van der Waals surface area contributed by atoms with Gasteiger partial charge in [0.1, 0.15) is 11.1 Å². The summed E-state index contributed by atoms with van der Waals surface area (Å²) < 4.78 is 83.5. The van der Waals surface area contributed by atoms with E-state index in [1.54, 1.807) is 54.6 Å². The number of ketones is 1. The summed E-state index contributed by atoms with van der Waals surface area (Å²) in [6, 6.07) is 23.1. The van der Waals surface area contributed by atoms with Crippen LogP contribution in [0.1, 0.15) is 32.7 Å². The lowest BCUT2D eigenvalue weighted by molar-refractivity contribution is 0.0557.